The molecular formula is C12H12Br2N2O3S. The van der Waals surface area contributed by atoms with Crippen molar-refractivity contribution in [2.75, 3.05) is 12.4 Å². The second-order valence-corrected chi connectivity index (χ2v) is 7.38. The molecule has 2 N–H and O–H groups in total. The van der Waals surface area contributed by atoms with Gasteiger partial charge in [0.2, 0.25) is 10.0 Å². The van der Waals surface area contributed by atoms with Crippen LogP contribution in [-0.2, 0) is 16.6 Å². The molecule has 1 aromatic carbocycles. The van der Waals surface area contributed by atoms with Gasteiger partial charge in [0, 0.05) is 5.69 Å². The Morgan fingerprint density at radius 2 is 1.85 bits per heavy atom. The Bertz CT molecular complexity index is 676. The molecule has 0 radical (unpaired) electrons. The minimum Gasteiger partial charge on any atom is -0.451 e. The molecule has 0 aliphatic heterocycles. The van der Waals surface area contributed by atoms with E-state index in [1.54, 1.807) is 24.3 Å². The molecule has 0 saturated heterocycles. The Kier molecular flexibility index (Phi) is 4.90. The SMILES string of the molecule is CNS(=O)(=O)c1ccc(NCc2cc(Br)c(Br)o2)cc1. The standard InChI is InChI=1S/C12H12Br2N2O3S/c1-15-20(17,18)10-4-2-8(3-5-10)16-7-9-6-11(13)12(14)19-9/h2-6,15-16H,7H2,1H3. The van der Waals surface area contributed by atoms with Gasteiger partial charge in [0.1, 0.15) is 5.76 Å². The summed E-state index contributed by atoms with van der Waals surface area (Å²) in [6.45, 7) is 0.502. The first-order valence-corrected chi connectivity index (χ1v) is 8.70. The minimum atomic E-state index is -3.39. The van der Waals surface area contributed by atoms with Crippen LogP contribution < -0.4 is 10.0 Å². The van der Waals surface area contributed by atoms with Crippen molar-refractivity contribution >= 4 is 47.6 Å². The van der Waals surface area contributed by atoms with Crippen molar-refractivity contribution in [3.63, 3.8) is 0 Å². The van der Waals surface area contributed by atoms with Crippen LogP contribution in [0.1, 0.15) is 5.76 Å². The molecule has 20 heavy (non-hydrogen) atoms. The van der Waals surface area contributed by atoms with Crippen LogP contribution in [0.2, 0.25) is 0 Å². The van der Waals surface area contributed by atoms with Crippen LogP contribution in [0.4, 0.5) is 5.69 Å². The highest BCUT2D eigenvalue weighted by Crippen LogP contribution is 2.27. The van der Waals surface area contributed by atoms with E-state index in [1.165, 1.54) is 7.05 Å². The first-order chi connectivity index (χ1) is 9.42. The monoisotopic (exact) mass is 422 g/mol. The molecule has 0 amide bonds. The summed E-state index contributed by atoms with van der Waals surface area (Å²) < 4.78 is 32.3. The number of nitrogens with one attached hydrogen (secondary N) is 2. The van der Waals surface area contributed by atoms with Gasteiger partial charge in [-0.3, -0.25) is 0 Å². The topological polar surface area (TPSA) is 71.3 Å². The summed E-state index contributed by atoms with van der Waals surface area (Å²) in [4.78, 5) is 0.231. The Balaban J connectivity index is 2.04. The number of hydrogen-bond acceptors (Lipinski definition) is 4. The predicted molar refractivity (Wildman–Crippen MR) is 84.1 cm³/mol. The molecule has 0 unspecified atom stereocenters. The van der Waals surface area contributed by atoms with Crippen molar-refractivity contribution in [3.05, 3.63) is 45.2 Å². The van der Waals surface area contributed by atoms with Crippen molar-refractivity contribution in [2.24, 2.45) is 0 Å². The van der Waals surface area contributed by atoms with E-state index < -0.39 is 10.0 Å². The van der Waals surface area contributed by atoms with Crippen LogP contribution in [-0.4, -0.2) is 15.5 Å². The highest BCUT2D eigenvalue weighted by Gasteiger charge is 2.10. The zero-order chi connectivity index (χ0) is 14.8. The fourth-order valence-electron chi connectivity index (χ4n) is 1.54. The molecular weight excluding hydrogens is 412 g/mol. The van der Waals surface area contributed by atoms with Crippen LogP contribution in [0.15, 0.2) is 48.8 Å². The quantitative estimate of drug-likeness (QED) is 0.773. The Morgan fingerprint density at radius 3 is 2.35 bits per heavy atom. The van der Waals surface area contributed by atoms with E-state index in [9.17, 15) is 8.42 Å². The van der Waals surface area contributed by atoms with Gasteiger partial charge in [-0.05, 0) is 69.2 Å². The van der Waals surface area contributed by atoms with Gasteiger partial charge in [0.05, 0.1) is 15.9 Å². The lowest BCUT2D eigenvalue weighted by Gasteiger charge is -2.06. The highest BCUT2D eigenvalue weighted by atomic mass is 79.9. The maximum Gasteiger partial charge on any atom is 0.240 e. The molecule has 2 rings (SSSR count). The lowest BCUT2D eigenvalue weighted by Crippen LogP contribution is -2.18. The van der Waals surface area contributed by atoms with Crippen LogP contribution in [0.5, 0.6) is 0 Å². The van der Waals surface area contributed by atoms with Gasteiger partial charge in [0.25, 0.3) is 0 Å². The van der Waals surface area contributed by atoms with Gasteiger partial charge < -0.3 is 9.73 Å². The summed E-state index contributed by atoms with van der Waals surface area (Å²) >= 11 is 6.61. The van der Waals surface area contributed by atoms with Crippen molar-refractivity contribution in [1.82, 2.24) is 4.72 Å². The number of rotatable bonds is 5. The summed E-state index contributed by atoms with van der Waals surface area (Å²) in [7, 11) is -2.01. The van der Waals surface area contributed by atoms with Gasteiger partial charge in [0.15, 0.2) is 4.67 Å². The zero-order valence-electron chi connectivity index (χ0n) is 10.5. The third kappa shape index (κ3) is 3.63. The number of anilines is 1. The fourth-order valence-corrected chi connectivity index (χ4v) is 2.93. The van der Waals surface area contributed by atoms with Gasteiger partial charge >= 0.3 is 0 Å². The average Bonchev–Trinajstić information content (AvgIpc) is 2.76. The number of halogens is 2. The molecule has 0 saturated carbocycles. The smallest absolute Gasteiger partial charge is 0.240 e. The molecule has 8 heteroatoms. The lowest BCUT2D eigenvalue weighted by atomic mass is 10.3. The molecule has 0 fully saturated rings. The summed E-state index contributed by atoms with van der Waals surface area (Å²) in [5.41, 5.74) is 0.809. The van der Waals surface area contributed by atoms with E-state index in [4.69, 9.17) is 4.42 Å². The molecule has 5 nitrogen and oxygen atoms in total. The van der Waals surface area contributed by atoms with Crippen LogP contribution in [0.25, 0.3) is 0 Å². The largest absolute Gasteiger partial charge is 0.451 e. The first kappa shape index (κ1) is 15.6. The Morgan fingerprint density at radius 1 is 1.20 bits per heavy atom. The molecule has 1 aromatic heterocycles. The van der Waals surface area contributed by atoms with Gasteiger partial charge in [-0.2, -0.15) is 0 Å². The van der Waals surface area contributed by atoms with Crippen molar-refractivity contribution in [3.8, 4) is 0 Å². The molecule has 1 heterocycles. The number of benzene rings is 1. The zero-order valence-corrected chi connectivity index (χ0v) is 14.5. The van der Waals surface area contributed by atoms with Gasteiger partial charge in [-0.25, -0.2) is 13.1 Å². The van der Waals surface area contributed by atoms with E-state index in [1.807, 2.05) is 6.07 Å². The van der Waals surface area contributed by atoms with E-state index in [2.05, 4.69) is 41.9 Å². The normalized spacial score (nSPS) is 11.6. The summed E-state index contributed by atoms with van der Waals surface area (Å²) in [6.07, 6.45) is 0. The number of furan rings is 1. The summed E-state index contributed by atoms with van der Waals surface area (Å²) in [5, 5.41) is 3.15. The summed E-state index contributed by atoms with van der Waals surface area (Å²) in [6, 6.07) is 8.36. The molecule has 0 bridgehead atoms. The van der Waals surface area contributed by atoms with Crippen LogP contribution >= 0.6 is 31.9 Å². The maximum absolute atomic E-state index is 11.6. The first-order valence-electron chi connectivity index (χ1n) is 5.63. The lowest BCUT2D eigenvalue weighted by molar-refractivity contribution is 0.494. The Labute approximate surface area is 134 Å². The fraction of sp³-hybridized carbons (Fsp3) is 0.167. The number of sulfonamides is 1. The van der Waals surface area contributed by atoms with E-state index in [-0.39, 0.29) is 4.90 Å². The molecule has 0 aliphatic carbocycles. The molecule has 0 spiro atoms. The summed E-state index contributed by atoms with van der Waals surface area (Å²) in [5.74, 6) is 0.760. The third-order valence-corrected chi connectivity index (χ3v) is 5.74. The minimum absolute atomic E-state index is 0.231. The van der Waals surface area contributed by atoms with Gasteiger partial charge in [-0.15, -0.1) is 0 Å². The van der Waals surface area contributed by atoms with Crippen molar-refractivity contribution < 1.29 is 12.8 Å². The van der Waals surface area contributed by atoms with Crippen molar-refractivity contribution in [1.29, 1.82) is 0 Å². The average molecular weight is 424 g/mol. The highest BCUT2D eigenvalue weighted by molar-refractivity contribution is 9.13. The molecule has 0 atom stereocenters. The van der Waals surface area contributed by atoms with E-state index in [0.717, 1.165) is 15.9 Å². The van der Waals surface area contributed by atoms with Crippen molar-refractivity contribution in [2.45, 2.75) is 11.4 Å². The third-order valence-electron chi connectivity index (χ3n) is 2.60. The Hall–Kier alpha value is -0.830. The second-order valence-electron chi connectivity index (χ2n) is 3.92. The second kappa shape index (κ2) is 6.30. The van der Waals surface area contributed by atoms with E-state index in [0.29, 0.717) is 11.2 Å². The van der Waals surface area contributed by atoms with Crippen LogP contribution in [0, 0.1) is 0 Å². The molecule has 108 valence electrons. The number of hydrogen-bond donors (Lipinski definition) is 2. The molecule has 2 aromatic rings. The predicted octanol–water partition coefficient (Wildman–Crippen LogP) is 3.32. The maximum atomic E-state index is 11.6. The molecule has 0 aliphatic rings. The van der Waals surface area contributed by atoms with E-state index >= 15 is 0 Å². The van der Waals surface area contributed by atoms with Gasteiger partial charge in [-0.1, -0.05) is 0 Å². The van der Waals surface area contributed by atoms with Crippen LogP contribution in [0.3, 0.4) is 0 Å².